The molecule has 1 unspecified atom stereocenters. The van der Waals surface area contributed by atoms with Crippen molar-refractivity contribution in [3.8, 4) is 0 Å². The number of carbonyl (C=O) groups is 2. The summed E-state index contributed by atoms with van der Waals surface area (Å²) in [6, 6.07) is 2.55. The van der Waals surface area contributed by atoms with Gasteiger partial charge in [-0.3, -0.25) is 4.79 Å². The monoisotopic (exact) mass is 242 g/mol. The third kappa shape index (κ3) is 3.90. The number of aryl methyl sites for hydroxylation is 1. The molecule has 6 heteroatoms. The van der Waals surface area contributed by atoms with Crippen LogP contribution in [0, 0.1) is 6.92 Å². The van der Waals surface area contributed by atoms with Crippen LogP contribution in [0.4, 0.5) is 4.79 Å². The van der Waals surface area contributed by atoms with Crippen LogP contribution in [0.1, 0.15) is 16.7 Å². The van der Waals surface area contributed by atoms with Gasteiger partial charge in [-0.25, -0.2) is 4.79 Å². The summed E-state index contributed by atoms with van der Waals surface area (Å²) >= 11 is 1.60. The predicted octanol–water partition coefficient (Wildman–Crippen LogP) is 1.33. The van der Waals surface area contributed by atoms with Crippen molar-refractivity contribution < 1.29 is 14.7 Å². The standard InChI is InChI=1S/C10H14N2O3S/c1-6-3-4-8(16-6)5-11-10(15)12-7(2)9(13)14/h3-4,7H,5H2,1-2H3,(H,13,14)(H2,11,12,15). The van der Waals surface area contributed by atoms with E-state index in [2.05, 4.69) is 10.6 Å². The second-order valence-electron chi connectivity index (χ2n) is 3.40. The van der Waals surface area contributed by atoms with E-state index in [1.165, 1.54) is 11.8 Å². The number of amides is 2. The molecule has 0 saturated carbocycles. The van der Waals surface area contributed by atoms with Gasteiger partial charge in [0.05, 0.1) is 6.54 Å². The Morgan fingerprint density at radius 1 is 1.50 bits per heavy atom. The molecule has 0 spiro atoms. The highest BCUT2D eigenvalue weighted by atomic mass is 32.1. The van der Waals surface area contributed by atoms with Gasteiger partial charge < -0.3 is 15.7 Å². The second-order valence-corrected chi connectivity index (χ2v) is 4.77. The summed E-state index contributed by atoms with van der Waals surface area (Å²) < 4.78 is 0. The molecule has 1 aromatic rings. The van der Waals surface area contributed by atoms with Gasteiger partial charge in [0.2, 0.25) is 0 Å². The van der Waals surface area contributed by atoms with Crippen molar-refractivity contribution in [1.82, 2.24) is 10.6 Å². The lowest BCUT2D eigenvalue weighted by molar-refractivity contribution is -0.138. The highest BCUT2D eigenvalue weighted by Gasteiger charge is 2.13. The van der Waals surface area contributed by atoms with Crippen molar-refractivity contribution >= 4 is 23.3 Å². The number of urea groups is 1. The Hall–Kier alpha value is -1.56. The average Bonchev–Trinajstić information content (AvgIpc) is 2.61. The zero-order valence-corrected chi connectivity index (χ0v) is 9.93. The first kappa shape index (κ1) is 12.5. The molecule has 1 rings (SSSR count). The van der Waals surface area contributed by atoms with Crippen LogP contribution >= 0.6 is 11.3 Å². The maximum atomic E-state index is 11.3. The van der Waals surface area contributed by atoms with E-state index in [0.29, 0.717) is 6.54 Å². The number of hydrogen-bond acceptors (Lipinski definition) is 3. The Bertz CT molecular complexity index is 389. The van der Waals surface area contributed by atoms with Crippen molar-refractivity contribution in [3.05, 3.63) is 21.9 Å². The van der Waals surface area contributed by atoms with Gasteiger partial charge in [0.15, 0.2) is 0 Å². The van der Waals surface area contributed by atoms with Crippen LogP contribution in [0.3, 0.4) is 0 Å². The number of aliphatic carboxylic acids is 1. The topological polar surface area (TPSA) is 78.4 Å². The van der Waals surface area contributed by atoms with Crippen LogP contribution in [0.25, 0.3) is 0 Å². The Morgan fingerprint density at radius 3 is 2.69 bits per heavy atom. The predicted molar refractivity (Wildman–Crippen MR) is 61.5 cm³/mol. The van der Waals surface area contributed by atoms with Crippen LogP contribution in [-0.2, 0) is 11.3 Å². The molecular weight excluding hydrogens is 228 g/mol. The molecule has 0 aromatic carbocycles. The highest BCUT2D eigenvalue weighted by Crippen LogP contribution is 2.14. The van der Waals surface area contributed by atoms with E-state index in [1.54, 1.807) is 11.3 Å². The molecule has 5 nitrogen and oxygen atoms in total. The SMILES string of the molecule is Cc1ccc(CNC(=O)NC(C)C(=O)O)s1. The summed E-state index contributed by atoms with van der Waals surface area (Å²) in [5.41, 5.74) is 0. The van der Waals surface area contributed by atoms with Gasteiger partial charge in [0.1, 0.15) is 6.04 Å². The number of rotatable bonds is 4. The summed E-state index contributed by atoms with van der Waals surface area (Å²) in [4.78, 5) is 23.9. The number of nitrogens with one attached hydrogen (secondary N) is 2. The highest BCUT2D eigenvalue weighted by molar-refractivity contribution is 7.11. The van der Waals surface area contributed by atoms with E-state index in [9.17, 15) is 9.59 Å². The average molecular weight is 242 g/mol. The van der Waals surface area contributed by atoms with Crippen LogP contribution in [0.5, 0.6) is 0 Å². The Balaban J connectivity index is 2.33. The quantitative estimate of drug-likeness (QED) is 0.745. The molecule has 1 atom stereocenters. The molecule has 0 saturated heterocycles. The summed E-state index contributed by atoms with van der Waals surface area (Å²) in [5, 5.41) is 13.5. The first-order valence-electron chi connectivity index (χ1n) is 4.81. The van der Waals surface area contributed by atoms with Gasteiger partial charge in [0, 0.05) is 9.75 Å². The Morgan fingerprint density at radius 2 is 2.19 bits per heavy atom. The number of thiophene rings is 1. The van der Waals surface area contributed by atoms with Crippen LogP contribution in [-0.4, -0.2) is 23.1 Å². The lowest BCUT2D eigenvalue weighted by atomic mass is 10.3. The van der Waals surface area contributed by atoms with Gasteiger partial charge in [-0.05, 0) is 26.0 Å². The maximum absolute atomic E-state index is 11.3. The summed E-state index contributed by atoms with van der Waals surface area (Å²) in [5.74, 6) is -1.05. The number of carboxylic acid groups (broad SMARTS) is 1. The molecule has 0 radical (unpaired) electrons. The second kappa shape index (κ2) is 5.50. The fraction of sp³-hybridized carbons (Fsp3) is 0.400. The Labute approximate surface area is 97.5 Å². The van der Waals surface area contributed by atoms with Crippen LogP contribution in [0.15, 0.2) is 12.1 Å². The number of carbonyl (C=O) groups excluding carboxylic acids is 1. The van der Waals surface area contributed by atoms with Crippen molar-refractivity contribution in [2.24, 2.45) is 0 Å². The van der Waals surface area contributed by atoms with E-state index in [-0.39, 0.29) is 0 Å². The normalized spacial score (nSPS) is 11.9. The lowest BCUT2D eigenvalue weighted by Gasteiger charge is -2.09. The molecule has 0 aliphatic heterocycles. The van der Waals surface area contributed by atoms with Gasteiger partial charge in [0.25, 0.3) is 0 Å². The first-order chi connectivity index (χ1) is 7.49. The van der Waals surface area contributed by atoms with Crippen molar-refractivity contribution in [1.29, 1.82) is 0 Å². The van der Waals surface area contributed by atoms with Crippen molar-refractivity contribution in [2.75, 3.05) is 0 Å². The zero-order chi connectivity index (χ0) is 12.1. The summed E-state index contributed by atoms with van der Waals surface area (Å²) in [7, 11) is 0. The van der Waals surface area contributed by atoms with Gasteiger partial charge >= 0.3 is 12.0 Å². The van der Waals surface area contributed by atoms with E-state index >= 15 is 0 Å². The molecule has 88 valence electrons. The molecule has 0 bridgehead atoms. The third-order valence-electron chi connectivity index (χ3n) is 1.94. The molecule has 0 aliphatic rings. The smallest absolute Gasteiger partial charge is 0.325 e. The Kier molecular flexibility index (Phi) is 4.30. The summed E-state index contributed by atoms with van der Waals surface area (Å²) in [6.07, 6.45) is 0. The fourth-order valence-corrected chi connectivity index (χ4v) is 1.89. The fourth-order valence-electron chi connectivity index (χ4n) is 1.06. The van der Waals surface area contributed by atoms with E-state index in [4.69, 9.17) is 5.11 Å². The summed E-state index contributed by atoms with van der Waals surface area (Å²) in [6.45, 7) is 3.81. The van der Waals surface area contributed by atoms with Gasteiger partial charge in [-0.15, -0.1) is 11.3 Å². The minimum absolute atomic E-state index is 0.413. The lowest BCUT2D eigenvalue weighted by Crippen LogP contribution is -2.43. The largest absolute Gasteiger partial charge is 0.480 e. The molecule has 0 fully saturated rings. The molecule has 1 heterocycles. The number of carboxylic acids is 1. The molecule has 16 heavy (non-hydrogen) atoms. The van der Waals surface area contributed by atoms with Crippen molar-refractivity contribution in [2.45, 2.75) is 26.4 Å². The first-order valence-corrected chi connectivity index (χ1v) is 5.63. The maximum Gasteiger partial charge on any atom is 0.325 e. The molecule has 1 aromatic heterocycles. The van der Waals surface area contributed by atoms with Crippen molar-refractivity contribution in [3.63, 3.8) is 0 Å². The van der Waals surface area contributed by atoms with Crippen LogP contribution < -0.4 is 10.6 Å². The van der Waals surface area contributed by atoms with Gasteiger partial charge in [-0.2, -0.15) is 0 Å². The molecular formula is C10H14N2O3S. The number of hydrogen-bond donors (Lipinski definition) is 3. The molecule has 0 aliphatic carbocycles. The minimum Gasteiger partial charge on any atom is -0.480 e. The molecule has 3 N–H and O–H groups in total. The molecule has 2 amide bonds. The van der Waals surface area contributed by atoms with Crippen LogP contribution in [0.2, 0.25) is 0 Å². The minimum atomic E-state index is -1.05. The third-order valence-corrected chi connectivity index (χ3v) is 2.94. The van der Waals surface area contributed by atoms with Gasteiger partial charge in [-0.1, -0.05) is 0 Å². The van der Waals surface area contributed by atoms with E-state index < -0.39 is 18.0 Å². The van der Waals surface area contributed by atoms with E-state index in [1.807, 2.05) is 19.1 Å². The zero-order valence-electron chi connectivity index (χ0n) is 9.11. The van der Waals surface area contributed by atoms with E-state index in [0.717, 1.165) is 4.88 Å².